The highest BCUT2D eigenvalue weighted by molar-refractivity contribution is 5.92. The van der Waals surface area contributed by atoms with Crippen LogP contribution in [0, 0.1) is 10.8 Å². The Kier molecular flexibility index (Phi) is 7.45. The highest BCUT2D eigenvalue weighted by Gasteiger charge is 2.51. The fourth-order valence-corrected chi connectivity index (χ4v) is 5.85. The molecule has 0 spiro atoms. The Labute approximate surface area is 219 Å². The second kappa shape index (κ2) is 10.3. The van der Waals surface area contributed by atoms with Gasteiger partial charge in [0, 0.05) is 18.3 Å². The van der Waals surface area contributed by atoms with Gasteiger partial charge in [0.25, 0.3) is 11.8 Å². The van der Waals surface area contributed by atoms with Crippen molar-refractivity contribution >= 4 is 23.5 Å². The molecule has 1 heterocycles. The Bertz CT molecular complexity index is 1210. The van der Waals surface area contributed by atoms with Gasteiger partial charge in [-0.25, -0.2) is 4.79 Å². The van der Waals surface area contributed by atoms with Crippen molar-refractivity contribution in [2.24, 2.45) is 10.8 Å². The van der Waals surface area contributed by atoms with Gasteiger partial charge in [0.05, 0.1) is 11.1 Å². The SMILES string of the molecule is CC1(C)C[C@@H]2C[C@](C)(CN2C(=O)COC(=O)c2ccc(OCC(=O)Nc3cccc(C(F)(F)F)c3)cc2)C1. The van der Waals surface area contributed by atoms with Crippen LogP contribution in [-0.4, -0.2) is 48.5 Å². The third-order valence-electron chi connectivity index (χ3n) is 7.00. The Hall–Kier alpha value is -3.56. The van der Waals surface area contributed by atoms with Crippen LogP contribution in [0.3, 0.4) is 0 Å². The van der Waals surface area contributed by atoms with E-state index in [-0.39, 0.29) is 46.4 Å². The van der Waals surface area contributed by atoms with E-state index in [2.05, 4.69) is 26.1 Å². The summed E-state index contributed by atoms with van der Waals surface area (Å²) in [5.41, 5.74) is -0.400. The fraction of sp³-hybridized carbons (Fsp3) is 0.464. The summed E-state index contributed by atoms with van der Waals surface area (Å²) < 4.78 is 49.1. The highest BCUT2D eigenvalue weighted by Crippen LogP contribution is 2.52. The minimum atomic E-state index is -4.52. The van der Waals surface area contributed by atoms with Crippen molar-refractivity contribution in [1.29, 1.82) is 0 Å². The Morgan fingerprint density at radius 3 is 2.42 bits per heavy atom. The second-order valence-corrected chi connectivity index (χ2v) is 11.3. The number of likely N-dealkylation sites (tertiary alicyclic amines) is 1. The van der Waals surface area contributed by atoms with Gasteiger partial charge in [-0.05, 0) is 72.6 Å². The lowest BCUT2D eigenvalue weighted by molar-refractivity contribution is -0.137. The van der Waals surface area contributed by atoms with Gasteiger partial charge in [0.2, 0.25) is 0 Å². The number of amides is 2. The minimum Gasteiger partial charge on any atom is -0.484 e. The number of benzene rings is 2. The maximum Gasteiger partial charge on any atom is 0.416 e. The summed E-state index contributed by atoms with van der Waals surface area (Å²) in [6, 6.07) is 10.3. The van der Waals surface area contributed by atoms with Crippen LogP contribution in [0.1, 0.15) is 56.0 Å². The molecule has 2 atom stereocenters. The zero-order valence-corrected chi connectivity index (χ0v) is 21.6. The van der Waals surface area contributed by atoms with Gasteiger partial charge in [-0.3, -0.25) is 9.59 Å². The molecule has 204 valence electrons. The lowest BCUT2D eigenvalue weighted by Crippen LogP contribution is -2.39. The molecule has 38 heavy (non-hydrogen) atoms. The first-order valence-corrected chi connectivity index (χ1v) is 12.4. The van der Waals surface area contributed by atoms with Crippen LogP contribution >= 0.6 is 0 Å². The number of fused-ring (bicyclic) bond motifs is 2. The van der Waals surface area contributed by atoms with E-state index >= 15 is 0 Å². The third kappa shape index (κ3) is 6.65. The molecule has 7 nitrogen and oxygen atoms in total. The van der Waals surface area contributed by atoms with Gasteiger partial charge in [-0.1, -0.05) is 26.8 Å². The van der Waals surface area contributed by atoms with E-state index in [1.54, 1.807) is 0 Å². The summed E-state index contributed by atoms with van der Waals surface area (Å²) in [5.74, 6) is -1.22. The van der Waals surface area contributed by atoms with Crippen LogP contribution < -0.4 is 10.1 Å². The molecule has 1 aliphatic heterocycles. The number of ether oxygens (including phenoxy) is 2. The molecule has 10 heteroatoms. The van der Waals surface area contributed by atoms with Crippen LogP contribution in [0.15, 0.2) is 48.5 Å². The number of alkyl halides is 3. The number of halogens is 3. The number of anilines is 1. The predicted octanol–water partition coefficient (Wildman–Crippen LogP) is 5.31. The molecular formula is C28H31F3N2O5. The highest BCUT2D eigenvalue weighted by atomic mass is 19.4. The van der Waals surface area contributed by atoms with Gasteiger partial charge in [0.15, 0.2) is 13.2 Å². The van der Waals surface area contributed by atoms with E-state index in [1.807, 2.05) is 4.90 Å². The molecule has 0 aromatic heterocycles. The Balaban J connectivity index is 1.24. The number of rotatable bonds is 7. The summed E-state index contributed by atoms with van der Waals surface area (Å²) in [6.07, 6.45) is -1.56. The number of nitrogens with one attached hydrogen (secondary N) is 1. The first kappa shape index (κ1) is 27.5. The fourth-order valence-electron chi connectivity index (χ4n) is 5.85. The van der Waals surface area contributed by atoms with E-state index in [1.165, 1.54) is 36.4 Å². The number of carbonyl (C=O) groups excluding carboxylic acids is 3. The van der Waals surface area contributed by atoms with Gasteiger partial charge in [-0.2, -0.15) is 13.2 Å². The Morgan fingerprint density at radius 1 is 1.03 bits per heavy atom. The number of nitrogens with zero attached hydrogens (tertiary/aromatic N) is 1. The maximum absolute atomic E-state index is 12.8. The van der Waals surface area contributed by atoms with Crippen molar-refractivity contribution in [3.63, 3.8) is 0 Å². The van der Waals surface area contributed by atoms with Crippen LogP contribution in [0.25, 0.3) is 0 Å². The van der Waals surface area contributed by atoms with Crippen molar-refractivity contribution in [3.05, 3.63) is 59.7 Å². The average Bonchev–Trinajstić information content (AvgIpc) is 3.09. The molecule has 2 amide bonds. The minimum absolute atomic E-state index is 0.00346. The first-order chi connectivity index (χ1) is 17.7. The number of hydrogen-bond acceptors (Lipinski definition) is 5. The molecule has 4 rings (SSSR count). The first-order valence-electron chi connectivity index (χ1n) is 12.4. The summed E-state index contributed by atoms with van der Waals surface area (Å²) in [7, 11) is 0. The van der Waals surface area contributed by atoms with E-state index < -0.39 is 30.2 Å². The smallest absolute Gasteiger partial charge is 0.416 e. The van der Waals surface area contributed by atoms with E-state index in [4.69, 9.17) is 9.47 Å². The molecule has 2 aromatic rings. The molecular weight excluding hydrogens is 501 g/mol. The molecule has 1 saturated heterocycles. The number of esters is 1. The normalized spacial score (nSPS) is 22.1. The monoisotopic (exact) mass is 532 g/mol. The molecule has 2 aromatic carbocycles. The second-order valence-electron chi connectivity index (χ2n) is 11.3. The zero-order chi connectivity index (χ0) is 27.7. The average molecular weight is 533 g/mol. The number of hydrogen-bond donors (Lipinski definition) is 1. The Morgan fingerprint density at radius 2 is 1.74 bits per heavy atom. The van der Waals surface area contributed by atoms with Gasteiger partial charge < -0.3 is 19.7 Å². The molecule has 1 saturated carbocycles. The van der Waals surface area contributed by atoms with Crippen LogP contribution in [-0.2, 0) is 20.5 Å². The van der Waals surface area contributed by atoms with Crippen molar-refractivity contribution in [2.45, 2.75) is 52.3 Å². The van der Waals surface area contributed by atoms with Crippen molar-refractivity contribution in [3.8, 4) is 5.75 Å². The van der Waals surface area contributed by atoms with Crippen molar-refractivity contribution < 1.29 is 37.0 Å². The molecule has 2 bridgehead atoms. The third-order valence-corrected chi connectivity index (χ3v) is 7.00. The zero-order valence-electron chi connectivity index (χ0n) is 21.6. The molecule has 1 aliphatic carbocycles. The van der Waals surface area contributed by atoms with Crippen molar-refractivity contribution in [2.75, 3.05) is 25.1 Å². The lowest BCUT2D eigenvalue weighted by Gasteiger charge is -2.39. The van der Waals surface area contributed by atoms with Crippen LogP contribution in [0.5, 0.6) is 5.75 Å². The molecule has 1 N–H and O–H groups in total. The van der Waals surface area contributed by atoms with Crippen molar-refractivity contribution in [1.82, 2.24) is 4.90 Å². The number of carbonyl (C=O) groups is 3. The molecule has 2 fully saturated rings. The molecule has 2 aliphatic rings. The standard InChI is InChI=1S/C28H31F3N2O5/c1-26(2)12-21-13-27(3,16-26)17-33(21)24(35)15-38-25(36)18-7-9-22(10-8-18)37-14-23(34)32-20-6-4-5-19(11-20)28(29,30)31/h4-11,21H,12-17H2,1-3H3,(H,32,34)/t21-,27+/m1/s1. The van der Waals surface area contributed by atoms with E-state index in [0.29, 0.717) is 6.54 Å². The topological polar surface area (TPSA) is 84.9 Å². The van der Waals surface area contributed by atoms with E-state index in [0.717, 1.165) is 31.4 Å². The summed E-state index contributed by atoms with van der Waals surface area (Å²) in [4.78, 5) is 39.2. The van der Waals surface area contributed by atoms with E-state index in [9.17, 15) is 27.6 Å². The summed E-state index contributed by atoms with van der Waals surface area (Å²) in [6.45, 7) is 6.55. The van der Waals surface area contributed by atoms with Crippen LogP contribution in [0.4, 0.5) is 18.9 Å². The van der Waals surface area contributed by atoms with Gasteiger partial charge in [-0.15, -0.1) is 0 Å². The van der Waals surface area contributed by atoms with Gasteiger partial charge in [0.1, 0.15) is 5.75 Å². The molecule has 0 radical (unpaired) electrons. The summed E-state index contributed by atoms with van der Waals surface area (Å²) in [5, 5.41) is 2.35. The quantitative estimate of drug-likeness (QED) is 0.489. The largest absolute Gasteiger partial charge is 0.484 e. The lowest BCUT2D eigenvalue weighted by atomic mass is 9.65. The summed E-state index contributed by atoms with van der Waals surface area (Å²) >= 11 is 0. The molecule has 0 unspecified atom stereocenters. The maximum atomic E-state index is 12.8. The predicted molar refractivity (Wildman–Crippen MR) is 134 cm³/mol. The van der Waals surface area contributed by atoms with Crippen LogP contribution in [0.2, 0.25) is 0 Å². The van der Waals surface area contributed by atoms with Gasteiger partial charge >= 0.3 is 12.1 Å².